The maximum atomic E-state index is 6.11. The Labute approximate surface area is 116 Å². The van der Waals surface area contributed by atoms with E-state index in [1.165, 1.54) is 31.4 Å². The molecule has 1 atom stereocenters. The van der Waals surface area contributed by atoms with Crippen molar-refractivity contribution in [3.8, 4) is 0 Å². The number of nitrogens with two attached hydrogens (primary N) is 1. The zero-order valence-corrected chi connectivity index (χ0v) is 12.1. The van der Waals surface area contributed by atoms with Gasteiger partial charge < -0.3 is 10.3 Å². The molecule has 1 heterocycles. The first-order valence-electron chi connectivity index (χ1n) is 7.68. The van der Waals surface area contributed by atoms with E-state index in [4.69, 9.17) is 5.73 Å². The van der Waals surface area contributed by atoms with Crippen molar-refractivity contribution in [1.82, 2.24) is 14.5 Å². The summed E-state index contributed by atoms with van der Waals surface area (Å²) in [6.07, 6.45) is 9.30. The highest BCUT2D eigenvalue weighted by Crippen LogP contribution is 2.40. The molecule has 2 N–H and O–H groups in total. The molecule has 0 bridgehead atoms. The van der Waals surface area contributed by atoms with Gasteiger partial charge in [-0.1, -0.05) is 13.8 Å². The van der Waals surface area contributed by atoms with Gasteiger partial charge in [0.25, 0.3) is 0 Å². The van der Waals surface area contributed by atoms with E-state index in [9.17, 15) is 0 Å². The number of hydrogen-bond acceptors (Lipinski definition) is 3. The Morgan fingerprint density at radius 1 is 1.37 bits per heavy atom. The van der Waals surface area contributed by atoms with Crippen molar-refractivity contribution in [1.29, 1.82) is 0 Å². The van der Waals surface area contributed by atoms with Crippen LogP contribution in [-0.2, 0) is 0 Å². The smallest absolute Gasteiger partial charge is 0.0951 e. The molecule has 1 aromatic rings. The molecular weight excluding hydrogens is 236 g/mol. The number of aromatic nitrogens is 2. The Kier molecular flexibility index (Phi) is 3.63. The molecular formula is C15H26N4. The predicted molar refractivity (Wildman–Crippen MR) is 76.9 cm³/mol. The quantitative estimate of drug-likeness (QED) is 0.820. The summed E-state index contributed by atoms with van der Waals surface area (Å²) in [4.78, 5) is 7.00. The third kappa shape index (κ3) is 2.84. The summed E-state index contributed by atoms with van der Waals surface area (Å²) in [7, 11) is 0. The van der Waals surface area contributed by atoms with E-state index in [2.05, 4.69) is 28.3 Å². The van der Waals surface area contributed by atoms with Gasteiger partial charge in [0.15, 0.2) is 0 Å². The lowest BCUT2D eigenvalue weighted by Gasteiger charge is -2.33. The van der Waals surface area contributed by atoms with E-state index in [0.29, 0.717) is 24.5 Å². The average molecular weight is 262 g/mol. The second kappa shape index (κ2) is 5.25. The summed E-state index contributed by atoms with van der Waals surface area (Å²) in [6, 6.07) is 1.78. The van der Waals surface area contributed by atoms with E-state index in [0.717, 1.165) is 12.6 Å². The molecule has 4 heteroatoms. The lowest BCUT2D eigenvalue weighted by Crippen LogP contribution is -2.39. The van der Waals surface area contributed by atoms with Crippen LogP contribution in [0, 0.1) is 5.92 Å². The maximum absolute atomic E-state index is 6.11. The Hall–Kier alpha value is -0.870. The SMILES string of the molecule is CC(C)CN(C1CC1)C(CN)c1cncn1C1CC1. The van der Waals surface area contributed by atoms with Crippen molar-refractivity contribution in [2.75, 3.05) is 13.1 Å². The summed E-state index contributed by atoms with van der Waals surface area (Å²) < 4.78 is 2.37. The fourth-order valence-electron chi connectivity index (χ4n) is 3.02. The van der Waals surface area contributed by atoms with Crippen molar-refractivity contribution in [2.24, 2.45) is 11.7 Å². The second-order valence-corrected chi connectivity index (χ2v) is 6.53. The molecule has 2 saturated carbocycles. The van der Waals surface area contributed by atoms with Crippen LogP contribution >= 0.6 is 0 Å². The molecule has 0 aliphatic heterocycles. The van der Waals surface area contributed by atoms with Crippen LogP contribution in [0.15, 0.2) is 12.5 Å². The van der Waals surface area contributed by atoms with Crippen molar-refractivity contribution in [3.63, 3.8) is 0 Å². The Balaban J connectivity index is 1.82. The Morgan fingerprint density at radius 3 is 2.63 bits per heavy atom. The van der Waals surface area contributed by atoms with Gasteiger partial charge in [-0.15, -0.1) is 0 Å². The number of hydrogen-bond donors (Lipinski definition) is 1. The highest BCUT2D eigenvalue weighted by molar-refractivity contribution is 5.11. The first-order chi connectivity index (χ1) is 9.20. The average Bonchev–Trinajstić information content (AvgIpc) is 3.29. The van der Waals surface area contributed by atoms with Crippen LogP contribution < -0.4 is 5.73 Å². The maximum Gasteiger partial charge on any atom is 0.0951 e. The van der Waals surface area contributed by atoms with Gasteiger partial charge in [0.1, 0.15) is 0 Å². The zero-order chi connectivity index (χ0) is 13.4. The molecule has 2 aliphatic carbocycles. The summed E-state index contributed by atoms with van der Waals surface area (Å²) in [5.74, 6) is 0.687. The minimum Gasteiger partial charge on any atom is -0.330 e. The molecule has 0 aromatic carbocycles. The molecule has 3 rings (SSSR count). The molecule has 106 valence electrons. The third-order valence-electron chi connectivity index (χ3n) is 4.19. The molecule has 1 unspecified atom stereocenters. The topological polar surface area (TPSA) is 47.1 Å². The van der Waals surface area contributed by atoms with E-state index in [-0.39, 0.29) is 0 Å². The molecule has 19 heavy (non-hydrogen) atoms. The molecule has 0 radical (unpaired) electrons. The first kappa shape index (κ1) is 13.1. The molecule has 0 amide bonds. The van der Waals surface area contributed by atoms with Gasteiger partial charge in [-0.2, -0.15) is 0 Å². The Bertz CT molecular complexity index is 418. The van der Waals surface area contributed by atoms with Crippen molar-refractivity contribution in [2.45, 2.75) is 57.7 Å². The van der Waals surface area contributed by atoms with Crippen molar-refractivity contribution >= 4 is 0 Å². The minimum absolute atomic E-state index is 0.345. The van der Waals surface area contributed by atoms with Crippen molar-refractivity contribution in [3.05, 3.63) is 18.2 Å². The van der Waals surface area contributed by atoms with Crippen LogP contribution in [0.3, 0.4) is 0 Å². The summed E-state index contributed by atoms with van der Waals surface area (Å²) in [5.41, 5.74) is 7.44. The lowest BCUT2D eigenvalue weighted by molar-refractivity contribution is 0.163. The summed E-state index contributed by atoms with van der Waals surface area (Å²) in [5, 5.41) is 0. The van der Waals surface area contributed by atoms with Crippen LogP contribution in [0.1, 0.15) is 57.3 Å². The lowest BCUT2D eigenvalue weighted by atomic mass is 10.1. The van der Waals surface area contributed by atoms with Gasteiger partial charge >= 0.3 is 0 Å². The van der Waals surface area contributed by atoms with E-state index in [1.807, 2.05) is 12.5 Å². The van der Waals surface area contributed by atoms with Crippen LogP contribution in [0.5, 0.6) is 0 Å². The van der Waals surface area contributed by atoms with Crippen LogP contribution in [0.2, 0.25) is 0 Å². The first-order valence-corrected chi connectivity index (χ1v) is 7.68. The fraction of sp³-hybridized carbons (Fsp3) is 0.800. The van der Waals surface area contributed by atoms with Gasteiger partial charge in [0, 0.05) is 31.4 Å². The van der Waals surface area contributed by atoms with Crippen LogP contribution in [0.25, 0.3) is 0 Å². The molecule has 4 nitrogen and oxygen atoms in total. The van der Waals surface area contributed by atoms with Gasteiger partial charge in [0.2, 0.25) is 0 Å². The molecule has 2 aliphatic rings. The zero-order valence-electron chi connectivity index (χ0n) is 12.1. The van der Waals surface area contributed by atoms with E-state index >= 15 is 0 Å². The van der Waals surface area contributed by atoms with Gasteiger partial charge in [-0.05, 0) is 31.6 Å². The third-order valence-corrected chi connectivity index (χ3v) is 4.19. The molecule has 1 aromatic heterocycles. The minimum atomic E-state index is 0.345. The van der Waals surface area contributed by atoms with Crippen LogP contribution in [-0.4, -0.2) is 33.6 Å². The van der Waals surface area contributed by atoms with E-state index in [1.54, 1.807) is 0 Å². The van der Waals surface area contributed by atoms with Crippen LogP contribution in [0.4, 0.5) is 0 Å². The monoisotopic (exact) mass is 262 g/mol. The number of imidazole rings is 1. The molecule has 0 spiro atoms. The summed E-state index contributed by atoms with van der Waals surface area (Å²) >= 11 is 0. The van der Waals surface area contributed by atoms with E-state index < -0.39 is 0 Å². The Morgan fingerprint density at radius 2 is 2.11 bits per heavy atom. The highest BCUT2D eigenvalue weighted by atomic mass is 15.3. The van der Waals surface area contributed by atoms with Gasteiger partial charge in [-0.25, -0.2) is 4.98 Å². The van der Waals surface area contributed by atoms with Gasteiger partial charge in [0.05, 0.1) is 18.1 Å². The van der Waals surface area contributed by atoms with Crippen molar-refractivity contribution < 1.29 is 0 Å². The molecule has 2 fully saturated rings. The highest BCUT2D eigenvalue weighted by Gasteiger charge is 2.37. The standard InChI is InChI=1S/C15H26N4/c1-11(2)9-18(12-3-4-12)14(7-16)15-8-17-10-19(15)13-5-6-13/h8,10-14H,3-7,9,16H2,1-2H3. The predicted octanol–water partition coefficient (Wildman–Crippen LogP) is 2.34. The normalized spacial score (nSPS) is 21.3. The summed E-state index contributed by atoms with van der Waals surface area (Å²) in [6.45, 7) is 6.42. The molecule has 0 saturated heterocycles. The number of nitrogens with zero attached hydrogens (tertiary/aromatic N) is 3. The second-order valence-electron chi connectivity index (χ2n) is 6.53. The largest absolute Gasteiger partial charge is 0.330 e. The fourth-order valence-corrected chi connectivity index (χ4v) is 3.02. The number of rotatable bonds is 7. The van der Waals surface area contributed by atoms with Gasteiger partial charge in [-0.3, -0.25) is 4.90 Å².